The molecule has 0 bridgehead atoms. The fourth-order valence-electron chi connectivity index (χ4n) is 4.97. The molecule has 2 saturated heterocycles. The molecular weight excluding hydrogens is 405 g/mol. The second-order valence-corrected chi connectivity index (χ2v) is 8.57. The summed E-state index contributed by atoms with van der Waals surface area (Å²) in [4.78, 5) is 19.8. The van der Waals surface area contributed by atoms with E-state index >= 15 is 0 Å². The number of ether oxygens (including phenoxy) is 1. The van der Waals surface area contributed by atoms with Crippen molar-refractivity contribution < 1.29 is 13.9 Å². The number of rotatable bonds is 4. The van der Waals surface area contributed by atoms with Gasteiger partial charge < -0.3 is 14.2 Å². The van der Waals surface area contributed by atoms with E-state index in [4.69, 9.17) is 4.74 Å². The van der Waals surface area contributed by atoms with Crippen molar-refractivity contribution in [1.82, 2.24) is 14.5 Å². The van der Waals surface area contributed by atoms with E-state index in [1.54, 1.807) is 25.6 Å². The number of methoxy groups -OCH3 is 1. The molecule has 2 aromatic carbocycles. The molecule has 6 heteroatoms. The third-order valence-electron chi connectivity index (χ3n) is 6.55. The van der Waals surface area contributed by atoms with Crippen molar-refractivity contribution >= 4 is 12.0 Å². The predicted octanol–water partition coefficient (Wildman–Crippen LogP) is 5.24. The summed E-state index contributed by atoms with van der Waals surface area (Å²) in [6, 6.07) is 12.8. The lowest BCUT2D eigenvalue weighted by Gasteiger charge is -2.35. The molecule has 2 aliphatic rings. The SMILES string of the molecule is COc1cc(C=C2CC[C@@H]3CC[C@H](c4ccc(F)cc4)N3C2=O)ccc1-n1cnc(C)c1. The Hall–Kier alpha value is -3.41. The average molecular weight is 432 g/mol. The first-order chi connectivity index (χ1) is 15.5. The van der Waals surface area contributed by atoms with Crippen LogP contribution in [0.5, 0.6) is 5.75 Å². The Morgan fingerprint density at radius 2 is 1.94 bits per heavy atom. The third-order valence-corrected chi connectivity index (χ3v) is 6.55. The first-order valence-corrected chi connectivity index (χ1v) is 11.0. The summed E-state index contributed by atoms with van der Waals surface area (Å²) in [5.74, 6) is 0.557. The third kappa shape index (κ3) is 3.70. The van der Waals surface area contributed by atoms with Crippen molar-refractivity contribution in [1.29, 1.82) is 0 Å². The zero-order valence-electron chi connectivity index (χ0n) is 18.3. The first-order valence-electron chi connectivity index (χ1n) is 11.0. The van der Waals surface area contributed by atoms with Crippen LogP contribution in [-0.4, -0.2) is 33.5 Å². The number of amides is 1. The number of hydrogen-bond donors (Lipinski definition) is 0. The number of imidazole rings is 1. The summed E-state index contributed by atoms with van der Waals surface area (Å²) in [5, 5.41) is 0. The number of carbonyl (C=O) groups is 1. The fraction of sp³-hybridized carbons (Fsp3) is 0.308. The molecule has 5 rings (SSSR count). The van der Waals surface area contributed by atoms with Gasteiger partial charge in [-0.05, 0) is 74.1 Å². The van der Waals surface area contributed by atoms with Gasteiger partial charge in [0.25, 0.3) is 5.91 Å². The number of carbonyl (C=O) groups excluding carboxylic acids is 1. The molecule has 5 nitrogen and oxygen atoms in total. The van der Waals surface area contributed by atoms with E-state index in [1.807, 2.05) is 46.9 Å². The van der Waals surface area contributed by atoms with Gasteiger partial charge in [-0.15, -0.1) is 0 Å². The number of hydrogen-bond acceptors (Lipinski definition) is 3. The number of piperidine rings is 1. The zero-order chi connectivity index (χ0) is 22.2. The topological polar surface area (TPSA) is 47.4 Å². The molecule has 3 aromatic rings. The quantitative estimate of drug-likeness (QED) is 0.531. The van der Waals surface area contributed by atoms with Crippen molar-refractivity contribution in [2.45, 2.75) is 44.7 Å². The molecule has 0 unspecified atom stereocenters. The molecule has 0 aliphatic carbocycles. The van der Waals surface area contributed by atoms with Crippen LogP contribution in [0.15, 0.2) is 60.6 Å². The Kier molecular flexibility index (Phi) is 5.29. The largest absolute Gasteiger partial charge is 0.495 e. The highest BCUT2D eigenvalue weighted by Crippen LogP contribution is 2.42. The lowest BCUT2D eigenvalue weighted by Crippen LogP contribution is -2.41. The number of fused-ring (bicyclic) bond motifs is 1. The molecule has 1 aromatic heterocycles. The van der Waals surface area contributed by atoms with E-state index in [0.717, 1.165) is 59.5 Å². The highest BCUT2D eigenvalue weighted by Gasteiger charge is 2.41. The van der Waals surface area contributed by atoms with Gasteiger partial charge in [-0.3, -0.25) is 4.79 Å². The molecule has 0 N–H and O–H groups in total. The fourth-order valence-corrected chi connectivity index (χ4v) is 4.97. The standard InChI is InChI=1S/C26H26FN3O2/c1-17-15-29(16-28-17)24-11-3-18(14-25(24)32-2)13-20-6-9-22-10-12-23(30(22)26(20)31)19-4-7-21(27)8-5-19/h3-5,7-8,11,13-16,22-23H,6,9-10,12H2,1-2H3/t22-,23-/m1/s1. The smallest absolute Gasteiger partial charge is 0.250 e. The molecule has 32 heavy (non-hydrogen) atoms. The minimum atomic E-state index is -0.253. The normalized spacial score (nSPS) is 21.8. The summed E-state index contributed by atoms with van der Waals surface area (Å²) < 4.78 is 20.9. The monoisotopic (exact) mass is 431 g/mol. The number of benzene rings is 2. The lowest BCUT2D eigenvalue weighted by molar-refractivity contribution is -0.131. The Morgan fingerprint density at radius 3 is 2.66 bits per heavy atom. The van der Waals surface area contributed by atoms with Crippen molar-refractivity contribution in [3.63, 3.8) is 0 Å². The van der Waals surface area contributed by atoms with Crippen LogP contribution in [0.1, 0.15) is 48.5 Å². The van der Waals surface area contributed by atoms with Crippen molar-refractivity contribution in [3.05, 3.63) is 83.2 Å². The summed E-state index contributed by atoms with van der Waals surface area (Å²) in [6.45, 7) is 1.95. The average Bonchev–Trinajstić information content (AvgIpc) is 3.43. The molecule has 3 heterocycles. The second-order valence-electron chi connectivity index (χ2n) is 8.57. The van der Waals surface area contributed by atoms with Gasteiger partial charge in [0.15, 0.2) is 0 Å². The van der Waals surface area contributed by atoms with Gasteiger partial charge in [0.1, 0.15) is 11.6 Å². The Balaban J connectivity index is 1.43. The Labute approximate surface area is 187 Å². The van der Waals surface area contributed by atoms with Gasteiger partial charge in [-0.2, -0.15) is 0 Å². The van der Waals surface area contributed by atoms with Crippen LogP contribution in [0, 0.1) is 12.7 Å². The zero-order valence-corrected chi connectivity index (χ0v) is 18.3. The maximum absolute atomic E-state index is 13.4. The van der Waals surface area contributed by atoms with Crippen LogP contribution >= 0.6 is 0 Å². The summed E-state index contributed by atoms with van der Waals surface area (Å²) in [6.07, 6.45) is 9.32. The van der Waals surface area contributed by atoms with E-state index in [2.05, 4.69) is 4.98 Å². The van der Waals surface area contributed by atoms with Crippen LogP contribution in [0.3, 0.4) is 0 Å². The number of aromatic nitrogens is 2. The van der Waals surface area contributed by atoms with E-state index in [1.165, 1.54) is 12.1 Å². The molecule has 164 valence electrons. The molecule has 2 atom stereocenters. The maximum atomic E-state index is 13.4. The van der Waals surface area contributed by atoms with Gasteiger partial charge in [-0.1, -0.05) is 18.2 Å². The Morgan fingerprint density at radius 1 is 1.12 bits per heavy atom. The lowest BCUT2D eigenvalue weighted by atomic mass is 9.95. The summed E-state index contributed by atoms with van der Waals surface area (Å²) in [5.41, 5.74) is 4.58. The van der Waals surface area contributed by atoms with Gasteiger partial charge >= 0.3 is 0 Å². The number of aryl methyl sites for hydroxylation is 1. The van der Waals surface area contributed by atoms with E-state index in [9.17, 15) is 9.18 Å². The molecule has 0 spiro atoms. The number of halogens is 1. The highest BCUT2D eigenvalue weighted by molar-refractivity contribution is 5.99. The van der Waals surface area contributed by atoms with Crippen LogP contribution in [0.4, 0.5) is 4.39 Å². The van der Waals surface area contributed by atoms with Crippen molar-refractivity contribution in [2.24, 2.45) is 0 Å². The van der Waals surface area contributed by atoms with Crippen LogP contribution in [0.25, 0.3) is 11.8 Å². The summed E-state index contributed by atoms with van der Waals surface area (Å²) >= 11 is 0. The first kappa shape index (κ1) is 20.5. The van der Waals surface area contributed by atoms with Gasteiger partial charge in [0, 0.05) is 17.8 Å². The summed E-state index contributed by atoms with van der Waals surface area (Å²) in [7, 11) is 1.65. The molecule has 2 fully saturated rings. The highest BCUT2D eigenvalue weighted by atomic mass is 19.1. The van der Waals surface area contributed by atoms with Crippen LogP contribution in [0.2, 0.25) is 0 Å². The van der Waals surface area contributed by atoms with Crippen molar-refractivity contribution in [3.8, 4) is 11.4 Å². The van der Waals surface area contributed by atoms with Gasteiger partial charge in [0.05, 0.1) is 30.9 Å². The molecule has 1 amide bonds. The van der Waals surface area contributed by atoms with E-state index in [0.29, 0.717) is 0 Å². The second kappa shape index (κ2) is 8.26. The van der Waals surface area contributed by atoms with Crippen LogP contribution < -0.4 is 4.74 Å². The molecule has 0 radical (unpaired) electrons. The van der Waals surface area contributed by atoms with E-state index in [-0.39, 0.29) is 23.8 Å². The van der Waals surface area contributed by atoms with Gasteiger partial charge in [0.2, 0.25) is 0 Å². The molecular formula is C26H26FN3O2. The maximum Gasteiger partial charge on any atom is 0.250 e. The van der Waals surface area contributed by atoms with Gasteiger partial charge in [-0.25, -0.2) is 9.37 Å². The van der Waals surface area contributed by atoms with Crippen LogP contribution in [-0.2, 0) is 4.79 Å². The van der Waals surface area contributed by atoms with E-state index < -0.39 is 0 Å². The predicted molar refractivity (Wildman–Crippen MR) is 121 cm³/mol. The molecule has 2 aliphatic heterocycles. The minimum absolute atomic E-state index is 0.0122. The van der Waals surface area contributed by atoms with Crippen molar-refractivity contribution in [2.75, 3.05) is 7.11 Å². The minimum Gasteiger partial charge on any atom is -0.495 e. The molecule has 0 saturated carbocycles. The Bertz CT molecular complexity index is 1180. The number of nitrogens with zero attached hydrogens (tertiary/aromatic N) is 3.